The third-order valence-electron chi connectivity index (χ3n) is 4.85. The molecular formula is C20H19ClN4O3S2. The lowest BCUT2D eigenvalue weighted by atomic mass is 10.0. The van der Waals surface area contributed by atoms with Crippen LogP contribution in [0.2, 0.25) is 5.02 Å². The van der Waals surface area contributed by atoms with E-state index < -0.39 is 10.0 Å². The molecule has 2 aromatic carbocycles. The van der Waals surface area contributed by atoms with Gasteiger partial charge in [-0.2, -0.15) is 4.31 Å². The smallest absolute Gasteiger partial charge is 0.286 e. The molecule has 0 aliphatic carbocycles. The zero-order chi connectivity index (χ0) is 21.1. The normalized spacial score (nSPS) is 17.6. The molecule has 7 nitrogen and oxygen atoms in total. The summed E-state index contributed by atoms with van der Waals surface area (Å²) in [4.78, 5) is 12.5. The van der Waals surface area contributed by atoms with Crippen molar-refractivity contribution in [3.8, 4) is 0 Å². The number of carbonyl (C=O) groups excluding carboxylic acids is 1. The van der Waals surface area contributed by atoms with Crippen LogP contribution in [-0.2, 0) is 10.0 Å². The van der Waals surface area contributed by atoms with Gasteiger partial charge < -0.3 is 5.32 Å². The number of aromatic nitrogens is 2. The summed E-state index contributed by atoms with van der Waals surface area (Å²) in [6.45, 7) is 0.701. The molecule has 10 heteroatoms. The predicted octanol–water partition coefficient (Wildman–Crippen LogP) is 4.01. The number of rotatable bonds is 5. The van der Waals surface area contributed by atoms with Crippen molar-refractivity contribution in [1.29, 1.82) is 0 Å². The molecule has 0 spiro atoms. The summed E-state index contributed by atoms with van der Waals surface area (Å²) in [5, 5.41) is 12.1. The summed E-state index contributed by atoms with van der Waals surface area (Å²) in [5.41, 5.74) is 0.675. The summed E-state index contributed by atoms with van der Waals surface area (Å²) < 4.78 is 27.5. The van der Waals surface area contributed by atoms with Crippen LogP contribution < -0.4 is 5.32 Å². The molecule has 30 heavy (non-hydrogen) atoms. The van der Waals surface area contributed by atoms with Crippen LogP contribution in [0.5, 0.6) is 0 Å². The summed E-state index contributed by atoms with van der Waals surface area (Å²) in [7, 11) is -3.71. The zero-order valence-corrected chi connectivity index (χ0v) is 18.3. The van der Waals surface area contributed by atoms with E-state index >= 15 is 0 Å². The van der Waals surface area contributed by atoms with Crippen molar-refractivity contribution in [2.45, 2.75) is 23.7 Å². The van der Waals surface area contributed by atoms with Gasteiger partial charge >= 0.3 is 0 Å². The molecule has 0 saturated carbocycles. The van der Waals surface area contributed by atoms with Gasteiger partial charge in [0.2, 0.25) is 15.0 Å². The first-order chi connectivity index (χ1) is 14.4. The van der Waals surface area contributed by atoms with Crippen LogP contribution in [0.4, 0.5) is 5.69 Å². The monoisotopic (exact) mass is 462 g/mol. The number of para-hydroxylation sites is 1. The quantitative estimate of drug-likeness (QED) is 0.618. The second-order valence-corrected chi connectivity index (χ2v) is 10.2. The van der Waals surface area contributed by atoms with E-state index in [0.717, 1.165) is 6.42 Å². The molecule has 0 bridgehead atoms. The summed E-state index contributed by atoms with van der Waals surface area (Å²) in [6.07, 6.45) is 1.48. The molecule has 4 rings (SSSR count). The first-order valence-corrected chi connectivity index (χ1v) is 12.0. The highest BCUT2D eigenvalue weighted by Crippen LogP contribution is 2.33. The first-order valence-electron chi connectivity index (χ1n) is 9.39. The molecule has 1 fully saturated rings. The van der Waals surface area contributed by atoms with E-state index in [1.54, 1.807) is 30.3 Å². The number of amides is 1. The number of nitrogens with zero attached hydrogens (tertiary/aromatic N) is 3. The Bertz CT molecular complexity index is 1150. The third-order valence-corrected chi connectivity index (χ3v) is 8.30. The average Bonchev–Trinajstić information content (AvgIpc) is 3.25. The highest BCUT2D eigenvalue weighted by atomic mass is 35.5. The summed E-state index contributed by atoms with van der Waals surface area (Å²) in [6, 6.07) is 15.5. The van der Waals surface area contributed by atoms with Crippen molar-refractivity contribution in [3.05, 3.63) is 69.6 Å². The topological polar surface area (TPSA) is 92.3 Å². The minimum absolute atomic E-state index is 0.104. The largest absolute Gasteiger partial charge is 0.320 e. The lowest BCUT2D eigenvalue weighted by Crippen LogP contribution is -2.39. The van der Waals surface area contributed by atoms with E-state index in [2.05, 4.69) is 15.5 Å². The van der Waals surface area contributed by atoms with E-state index in [4.69, 9.17) is 11.6 Å². The van der Waals surface area contributed by atoms with E-state index in [1.165, 1.54) is 21.7 Å². The fraction of sp³-hybridized carbons (Fsp3) is 0.250. The highest BCUT2D eigenvalue weighted by molar-refractivity contribution is 7.89. The number of nitrogens with one attached hydrogen (secondary N) is 1. The molecule has 3 aromatic rings. The Hall–Kier alpha value is -2.33. The molecule has 0 radical (unpaired) electrons. The van der Waals surface area contributed by atoms with Gasteiger partial charge in [-0.15, -0.1) is 10.2 Å². The number of hydrogen-bond donors (Lipinski definition) is 1. The molecule has 1 saturated heterocycles. The lowest BCUT2D eigenvalue weighted by molar-refractivity contribution is 0.102. The van der Waals surface area contributed by atoms with Gasteiger partial charge in [0.15, 0.2) is 0 Å². The minimum atomic E-state index is -3.71. The van der Waals surface area contributed by atoms with Crippen LogP contribution in [0.15, 0.2) is 59.5 Å². The number of carbonyl (C=O) groups is 1. The molecule has 1 aromatic heterocycles. The van der Waals surface area contributed by atoms with Gasteiger partial charge in [0, 0.05) is 24.7 Å². The SMILES string of the molecule is O=C(Nc1ccccc1)c1nnc(C2CCCN(S(=O)(=O)c3ccccc3Cl)C2)s1. The molecule has 1 atom stereocenters. The molecular weight excluding hydrogens is 444 g/mol. The van der Waals surface area contributed by atoms with Crippen LogP contribution in [0.3, 0.4) is 0 Å². The van der Waals surface area contributed by atoms with E-state index in [9.17, 15) is 13.2 Å². The van der Waals surface area contributed by atoms with Gasteiger partial charge in [-0.25, -0.2) is 8.42 Å². The average molecular weight is 463 g/mol. The summed E-state index contributed by atoms with van der Waals surface area (Å²) >= 11 is 7.31. The standard InChI is InChI=1S/C20H19ClN4O3S2/c21-16-10-4-5-11-17(16)30(27,28)25-12-6-7-14(13-25)19-23-24-20(29-19)18(26)22-15-8-2-1-3-9-15/h1-5,8-11,14H,6-7,12-13H2,(H,22,26). The second-order valence-electron chi connectivity index (χ2n) is 6.90. The molecule has 1 N–H and O–H groups in total. The van der Waals surface area contributed by atoms with Crippen molar-refractivity contribution in [3.63, 3.8) is 0 Å². The Morgan fingerprint density at radius 3 is 2.60 bits per heavy atom. The lowest BCUT2D eigenvalue weighted by Gasteiger charge is -2.30. The van der Waals surface area contributed by atoms with Crippen LogP contribution in [0, 0.1) is 0 Å². The van der Waals surface area contributed by atoms with Crippen LogP contribution in [0.1, 0.15) is 33.6 Å². The Labute approximate surface area is 183 Å². The highest BCUT2D eigenvalue weighted by Gasteiger charge is 2.33. The Morgan fingerprint density at radius 2 is 1.83 bits per heavy atom. The van der Waals surface area contributed by atoms with Crippen LogP contribution >= 0.6 is 22.9 Å². The Kier molecular flexibility index (Phi) is 6.14. The molecule has 1 aliphatic rings. The van der Waals surface area contributed by atoms with Crippen LogP contribution in [0.25, 0.3) is 0 Å². The van der Waals surface area contributed by atoms with Gasteiger partial charge in [-0.3, -0.25) is 4.79 Å². The third kappa shape index (κ3) is 4.39. The number of hydrogen-bond acceptors (Lipinski definition) is 6. The van der Waals surface area contributed by atoms with Gasteiger partial charge in [-0.05, 0) is 37.1 Å². The number of anilines is 1. The van der Waals surface area contributed by atoms with Gasteiger partial charge in [0.05, 0.1) is 5.02 Å². The maximum Gasteiger partial charge on any atom is 0.286 e. The number of sulfonamides is 1. The summed E-state index contributed by atoms with van der Waals surface area (Å²) in [5.74, 6) is -0.451. The predicted molar refractivity (Wildman–Crippen MR) is 116 cm³/mol. The fourth-order valence-corrected chi connectivity index (χ4v) is 6.23. The molecule has 1 aliphatic heterocycles. The molecule has 156 valence electrons. The maximum atomic E-state index is 13.0. The number of piperidine rings is 1. The van der Waals surface area contributed by atoms with Crippen molar-refractivity contribution in [2.24, 2.45) is 0 Å². The van der Waals surface area contributed by atoms with E-state index in [1.807, 2.05) is 18.2 Å². The van der Waals surface area contributed by atoms with Gasteiger partial charge in [0.1, 0.15) is 9.90 Å². The minimum Gasteiger partial charge on any atom is -0.320 e. The zero-order valence-electron chi connectivity index (χ0n) is 15.9. The Morgan fingerprint density at radius 1 is 1.10 bits per heavy atom. The van der Waals surface area contributed by atoms with E-state index in [-0.39, 0.29) is 33.3 Å². The van der Waals surface area contributed by atoms with E-state index in [0.29, 0.717) is 23.7 Å². The molecule has 1 amide bonds. The van der Waals surface area contributed by atoms with Gasteiger partial charge in [-0.1, -0.05) is 53.3 Å². The maximum absolute atomic E-state index is 13.0. The Balaban J connectivity index is 1.49. The number of benzene rings is 2. The van der Waals surface area contributed by atoms with Crippen molar-refractivity contribution in [1.82, 2.24) is 14.5 Å². The van der Waals surface area contributed by atoms with Crippen molar-refractivity contribution < 1.29 is 13.2 Å². The van der Waals surface area contributed by atoms with Crippen LogP contribution in [-0.4, -0.2) is 41.9 Å². The van der Waals surface area contributed by atoms with Crippen molar-refractivity contribution in [2.75, 3.05) is 18.4 Å². The second kappa shape index (κ2) is 8.81. The van der Waals surface area contributed by atoms with Gasteiger partial charge in [0.25, 0.3) is 5.91 Å². The first kappa shape index (κ1) is 20.9. The molecule has 2 heterocycles. The molecule has 1 unspecified atom stereocenters. The fourth-order valence-electron chi connectivity index (χ4n) is 3.35. The van der Waals surface area contributed by atoms with Crippen molar-refractivity contribution >= 4 is 44.6 Å². The number of halogens is 1.